The molecular weight excluding hydrogens is 415 g/mol. The second-order valence-corrected chi connectivity index (χ2v) is 6.71. The number of nitrogens with zero attached hydrogens (tertiary/aromatic N) is 1. The van der Waals surface area contributed by atoms with E-state index in [1.54, 1.807) is 18.2 Å². The molecule has 32 heavy (non-hydrogen) atoms. The van der Waals surface area contributed by atoms with E-state index < -0.39 is 17.7 Å². The summed E-state index contributed by atoms with van der Waals surface area (Å²) in [5.41, 5.74) is 4.07. The van der Waals surface area contributed by atoms with Crippen LogP contribution in [0.2, 0.25) is 0 Å². The van der Waals surface area contributed by atoms with Crippen molar-refractivity contribution >= 4 is 18.1 Å². The number of methoxy groups -OCH3 is 1. The van der Waals surface area contributed by atoms with Crippen molar-refractivity contribution in [1.82, 2.24) is 5.43 Å². The van der Waals surface area contributed by atoms with Crippen molar-refractivity contribution in [2.45, 2.75) is 6.92 Å². The van der Waals surface area contributed by atoms with Gasteiger partial charge in [-0.15, -0.1) is 0 Å². The van der Waals surface area contributed by atoms with Gasteiger partial charge in [-0.3, -0.25) is 4.79 Å². The largest absolute Gasteiger partial charge is 0.493 e. The Hall–Kier alpha value is -4.20. The molecule has 3 aromatic carbocycles. The smallest absolute Gasteiger partial charge is 0.343 e. The van der Waals surface area contributed by atoms with Crippen molar-refractivity contribution in [3.63, 3.8) is 0 Å². The van der Waals surface area contributed by atoms with Crippen LogP contribution < -0.4 is 19.6 Å². The summed E-state index contributed by atoms with van der Waals surface area (Å²) in [7, 11) is 1.42. The third-order valence-corrected chi connectivity index (χ3v) is 4.21. The van der Waals surface area contributed by atoms with Crippen molar-refractivity contribution in [3.8, 4) is 17.2 Å². The quantitative estimate of drug-likeness (QED) is 0.251. The van der Waals surface area contributed by atoms with Crippen molar-refractivity contribution in [3.05, 3.63) is 89.2 Å². The summed E-state index contributed by atoms with van der Waals surface area (Å²) in [5, 5.41) is 3.89. The molecule has 0 heterocycles. The maximum atomic E-state index is 13.3. The summed E-state index contributed by atoms with van der Waals surface area (Å²) >= 11 is 0. The third kappa shape index (κ3) is 6.40. The number of carbonyl (C=O) groups is 2. The van der Waals surface area contributed by atoms with Gasteiger partial charge in [-0.05, 0) is 66.6 Å². The fraction of sp³-hybridized carbons (Fsp3) is 0.125. The van der Waals surface area contributed by atoms with Crippen molar-refractivity contribution in [2.24, 2.45) is 5.10 Å². The molecule has 0 bridgehead atoms. The molecule has 3 aromatic rings. The normalized spacial score (nSPS) is 10.6. The van der Waals surface area contributed by atoms with Gasteiger partial charge in [0.25, 0.3) is 5.91 Å². The van der Waals surface area contributed by atoms with Gasteiger partial charge in [-0.25, -0.2) is 14.6 Å². The molecule has 0 saturated carbocycles. The number of aryl methyl sites for hydroxylation is 1. The lowest BCUT2D eigenvalue weighted by atomic mass is 10.2. The highest BCUT2D eigenvalue weighted by Gasteiger charge is 2.13. The molecule has 0 aromatic heterocycles. The van der Waals surface area contributed by atoms with Crippen LogP contribution in [0.3, 0.4) is 0 Å². The number of hydrogen-bond donors (Lipinski definition) is 1. The van der Waals surface area contributed by atoms with Crippen LogP contribution in [0, 0.1) is 12.7 Å². The molecule has 0 atom stereocenters. The lowest BCUT2D eigenvalue weighted by Crippen LogP contribution is -2.24. The first-order chi connectivity index (χ1) is 15.4. The molecule has 8 heteroatoms. The monoisotopic (exact) mass is 436 g/mol. The van der Waals surface area contributed by atoms with E-state index in [0.717, 1.165) is 11.6 Å². The van der Waals surface area contributed by atoms with Crippen molar-refractivity contribution in [2.75, 3.05) is 13.7 Å². The van der Waals surface area contributed by atoms with E-state index in [1.807, 2.05) is 25.1 Å². The maximum Gasteiger partial charge on any atom is 0.343 e. The number of carbonyl (C=O) groups excluding carboxylic acids is 2. The number of ether oxygens (including phenoxy) is 3. The van der Waals surface area contributed by atoms with E-state index in [2.05, 4.69) is 10.5 Å². The van der Waals surface area contributed by atoms with E-state index in [-0.39, 0.29) is 23.7 Å². The average Bonchev–Trinajstić information content (AvgIpc) is 2.78. The Morgan fingerprint density at radius 2 is 1.84 bits per heavy atom. The first-order valence-corrected chi connectivity index (χ1v) is 9.62. The van der Waals surface area contributed by atoms with Crippen molar-refractivity contribution < 1.29 is 28.2 Å². The molecule has 0 aliphatic rings. The number of rotatable bonds is 8. The molecule has 1 amide bonds. The van der Waals surface area contributed by atoms with Gasteiger partial charge < -0.3 is 14.2 Å². The number of esters is 1. The minimum Gasteiger partial charge on any atom is -0.493 e. The highest BCUT2D eigenvalue weighted by molar-refractivity contribution is 5.91. The van der Waals surface area contributed by atoms with E-state index in [9.17, 15) is 14.0 Å². The van der Waals surface area contributed by atoms with E-state index in [1.165, 1.54) is 37.6 Å². The third-order valence-electron chi connectivity index (χ3n) is 4.21. The molecular formula is C24H21FN2O5. The Labute approximate surface area is 184 Å². The zero-order valence-electron chi connectivity index (χ0n) is 17.5. The zero-order valence-corrected chi connectivity index (χ0v) is 17.5. The van der Waals surface area contributed by atoms with Gasteiger partial charge >= 0.3 is 5.97 Å². The fourth-order valence-electron chi connectivity index (χ4n) is 2.69. The Bertz CT molecular complexity index is 1150. The second kappa shape index (κ2) is 10.7. The Morgan fingerprint density at radius 1 is 1.03 bits per heavy atom. The van der Waals surface area contributed by atoms with Crippen LogP contribution in [0.1, 0.15) is 21.5 Å². The highest BCUT2D eigenvalue weighted by Crippen LogP contribution is 2.28. The van der Waals surface area contributed by atoms with Gasteiger partial charge in [0.05, 0.1) is 18.9 Å². The van der Waals surface area contributed by atoms with Crippen LogP contribution in [0.25, 0.3) is 0 Å². The Kier molecular flexibility index (Phi) is 7.53. The van der Waals surface area contributed by atoms with Crippen molar-refractivity contribution in [1.29, 1.82) is 0 Å². The molecule has 0 aliphatic heterocycles. The molecule has 0 unspecified atom stereocenters. The van der Waals surface area contributed by atoms with Crippen LogP contribution in [0.4, 0.5) is 4.39 Å². The van der Waals surface area contributed by atoms with Crippen LogP contribution in [-0.2, 0) is 4.79 Å². The van der Waals surface area contributed by atoms with E-state index in [4.69, 9.17) is 14.2 Å². The maximum absolute atomic E-state index is 13.3. The topological polar surface area (TPSA) is 86.2 Å². The zero-order chi connectivity index (χ0) is 22.9. The number of halogens is 1. The predicted octanol–water partition coefficient (Wildman–Crippen LogP) is 3.89. The molecule has 0 spiro atoms. The lowest BCUT2D eigenvalue weighted by Gasteiger charge is -2.10. The molecule has 7 nitrogen and oxygen atoms in total. The number of nitrogens with one attached hydrogen (secondary N) is 1. The molecule has 3 rings (SSSR count). The number of hydrazone groups is 1. The van der Waals surface area contributed by atoms with Crippen LogP contribution in [0.5, 0.6) is 17.2 Å². The second-order valence-electron chi connectivity index (χ2n) is 6.71. The number of benzene rings is 3. The molecule has 1 N–H and O–H groups in total. The number of amides is 1. The van der Waals surface area contributed by atoms with Gasteiger partial charge in [-0.2, -0.15) is 5.10 Å². The minimum atomic E-state index is -0.718. The summed E-state index contributed by atoms with van der Waals surface area (Å²) < 4.78 is 29.3. The summed E-state index contributed by atoms with van der Waals surface area (Å²) in [6.07, 6.45) is 1.41. The summed E-state index contributed by atoms with van der Waals surface area (Å²) in [6.45, 7) is 1.75. The standard InChI is InChI=1S/C24H21FN2O5/c1-16-5-3-8-20(11-16)31-15-23(28)27-26-14-17-9-10-21(22(12-17)30-2)32-24(29)18-6-4-7-19(25)13-18/h3-14H,15H2,1-2H3,(H,27,28)/b26-14+. The lowest BCUT2D eigenvalue weighted by molar-refractivity contribution is -0.123. The molecule has 164 valence electrons. The van der Waals surface area contributed by atoms with Crippen LogP contribution in [-0.4, -0.2) is 31.8 Å². The molecule has 0 fully saturated rings. The predicted molar refractivity (Wildman–Crippen MR) is 117 cm³/mol. The minimum absolute atomic E-state index is 0.0771. The van der Waals surface area contributed by atoms with Gasteiger partial charge in [0.1, 0.15) is 11.6 Å². The average molecular weight is 436 g/mol. The Morgan fingerprint density at radius 3 is 2.59 bits per heavy atom. The number of hydrogen-bond acceptors (Lipinski definition) is 6. The molecule has 0 aliphatic carbocycles. The van der Waals surface area contributed by atoms with Crippen LogP contribution in [0.15, 0.2) is 71.8 Å². The molecule has 0 saturated heterocycles. The first-order valence-electron chi connectivity index (χ1n) is 9.62. The van der Waals surface area contributed by atoms with Gasteiger partial charge in [0, 0.05) is 0 Å². The van der Waals surface area contributed by atoms with Gasteiger partial charge in [-0.1, -0.05) is 18.2 Å². The summed E-state index contributed by atoms with van der Waals surface area (Å²) in [5.74, 6) is -0.649. The summed E-state index contributed by atoms with van der Waals surface area (Å²) in [6, 6.07) is 17.3. The molecule has 0 radical (unpaired) electrons. The van der Waals surface area contributed by atoms with E-state index >= 15 is 0 Å². The Balaban J connectivity index is 1.57. The van der Waals surface area contributed by atoms with Gasteiger partial charge in [0.15, 0.2) is 18.1 Å². The van der Waals surface area contributed by atoms with Crippen LogP contribution >= 0.6 is 0 Å². The highest BCUT2D eigenvalue weighted by atomic mass is 19.1. The SMILES string of the molecule is COc1cc(/C=N/NC(=O)COc2cccc(C)c2)ccc1OC(=O)c1cccc(F)c1. The first kappa shape index (κ1) is 22.5. The fourth-order valence-corrected chi connectivity index (χ4v) is 2.69. The summed E-state index contributed by atoms with van der Waals surface area (Å²) in [4.78, 5) is 24.1. The van der Waals surface area contributed by atoms with E-state index in [0.29, 0.717) is 11.3 Å². The van der Waals surface area contributed by atoms with Gasteiger partial charge in [0.2, 0.25) is 0 Å².